The molecule has 0 bridgehead atoms. The van der Waals surface area contributed by atoms with E-state index >= 15 is 0 Å². The molecule has 0 saturated heterocycles. The normalized spacial score (nSPS) is 11.2. The van der Waals surface area contributed by atoms with Crippen LogP contribution in [-0.4, -0.2) is 18.2 Å². The second-order valence-electron chi connectivity index (χ2n) is 5.04. The standard InChI is InChI=1S/C18H19BrN2O2/c1-3-16(14-7-5-4-6-8-14)20-21-18(22)12-23-17-10-9-13(2)11-15(17)19/h4-11H,3,12H2,1-2H3,(H,21,22)/b20-16+. The van der Waals surface area contributed by atoms with Crippen LogP contribution in [0.1, 0.15) is 24.5 Å². The predicted molar refractivity (Wildman–Crippen MR) is 95.8 cm³/mol. The van der Waals surface area contributed by atoms with E-state index in [-0.39, 0.29) is 12.5 Å². The van der Waals surface area contributed by atoms with E-state index in [2.05, 4.69) is 26.5 Å². The number of benzene rings is 2. The lowest BCUT2D eigenvalue weighted by Crippen LogP contribution is -2.26. The van der Waals surface area contributed by atoms with E-state index < -0.39 is 0 Å². The van der Waals surface area contributed by atoms with Crippen molar-refractivity contribution < 1.29 is 9.53 Å². The van der Waals surface area contributed by atoms with E-state index in [1.165, 1.54) is 0 Å². The molecular weight excluding hydrogens is 356 g/mol. The smallest absolute Gasteiger partial charge is 0.277 e. The molecule has 0 aliphatic carbocycles. The van der Waals surface area contributed by atoms with Gasteiger partial charge in [0.15, 0.2) is 6.61 Å². The van der Waals surface area contributed by atoms with E-state index in [4.69, 9.17) is 4.74 Å². The SMILES string of the molecule is CC/C(=N\NC(=O)COc1ccc(C)cc1Br)c1ccccc1. The van der Waals surface area contributed by atoms with Gasteiger partial charge in [-0.1, -0.05) is 43.3 Å². The van der Waals surface area contributed by atoms with E-state index in [0.29, 0.717) is 5.75 Å². The van der Waals surface area contributed by atoms with Crippen molar-refractivity contribution >= 4 is 27.5 Å². The Morgan fingerprint density at radius 2 is 1.96 bits per heavy atom. The highest BCUT2D eigenvalue weighted by molar-refractivity contribution is 9.10. The van der Waals surface area contributed by atoms with Crippen LogP contribution in [0.4, 0.5) is 0 Å². The number of aryl methyl sites for hydroxylation is 1. The van der Waals surface area contributed by atoms with Crippen LogP contribution in [0.25, 0.3) is 0 Å². The molecule has 0 aromatic heterocycles. The minimum atomic E-state index is -0.292. The number of rotatable bonds is 6. The molecule has 0 spiro atoms. The van der Waals surface area contributed by atoms with Crippen LogP contribution in [0.15, 0.2) is 58.1 Å². The topological polar surface area (TPSA) is 50.7 Å². The highest BCUT2D eigenvalue weighted by Gasteiger charge is 2.06. The van der Waals surface area contributed by atoms with Gasteiger partial charge < -0.3 is 4.74 Å². The Hall–Kier alpha value is -2.14. The van der Waals surface area contributed by atoms with Crippen molar-refractivity contribution in [3.05, 3.63) is 64.1 Å². The number of carbonyl (C=O) groups is 1. The maximum absolute atomic E-state index is 11.9. The molecule has 0 aliphatic heterocycles. The highest BCUT2D eigenvalue weighted by Crippen LogP contribution is 2.25. The Balaban J connectivity index is 1.92. The first kappa shape index (κ1) is 17.2. The minimum absolute atomic E-state index is 0.0864. The van der Waals surface area contributed by atoms with Gasteiger partial charge in [-0.2, -0.15) is 5.10 Å². The second-order valence-corrected chi connectivity index (χ2v) is 5.89. The molecule has 0 fully saturated rings. The molecule has 0 heterocycles. The van der Waals surface area contributed by atoms with Gasteiger partial charge in [-0.05, 0) is 52.5 Å². The molecule has 5 heteroatoms. The third-order valence-corrected chi connectivity index (χ3v) is 3.82. The summed E-state index contributed by atoms with van der Waals surface area (Å²) in [5, 5.41) is 4.19. The molecule has 2 aromatic carbocycles. The van der Waals surface area contributed by atoms with Crippen molar-refractivity contribution in [3.8, 4) is 5.75 Å². The van der Waals surface area contributed by atoms with Gasteiger partial charge in [0.2, 0.25) is 0 Å². The van der Waals surface area contributed by atoms with Crippen LogP contribution in [0, 0.1) is 6.92 Å². The molecule has 0 atom stereocenters. The van der Waals surface area contributed by atoms with Gasteiger partial charge in [0, 0.05) is 0 Å². The number of amides is 1. The first-order valence-electron chi connectivity index (χ1n) is 7.40. The fraction of sp³-hybridized carbons (Fsp3) is 0.222. The van der Waals surface area contributed by atoms with Crippen LogP contribution >= 0.6 is 15.9 Å². The first-order chi connectivity index (χ1) is 11.1. The summed E-state index contributed by atoms with van der Waals surface area (Å²) in [6.07, 6.45) is 0.731. The fourth-order valence-electron chi connectivity index (χ4n) is 2.01. The zero-order valence-electron chi connectivity index (χ0n) is 13.2. The Morgan fingerprint density at radius 1 is 1.22 bits per heavy atom. The molecule has 1 N–H and O–H groups in total. The number of halogens is 1. The molecule has 0 saturated carbocycles. The Labute approximate surface area is 144 Å². The zero-order valence-corrected chi connectivity index (χ0v) is 14.8. The molecule has 2 rings (SSSR count). The maximum atomic E-state index is 11.9. The van der Waals surface area contributed by atoms with Crippen LogP contribution < -0.4 is 10.2 Å². The third-order valence-electron chi connectivity index (χ3n) is 3.20. The van der Waals surface area contributed by atoms with Gasteiger partial charge >= 0.3 is 0 Å². The Bertz CT molecular complexity index is 699. The number of hydrogen-bond acceptors (Lipinski definition) is 3. The summed E-state index contributed by atoms with van der Waals surface area (Å²) in [7, 11) is 0. The highest BCUT2D eigenvalue weighted by atomic mass is 79.9. The lowest BCUT2D eigenvalue weighted by atomic mass is 10.1. The number of nitrogens with zero attached hydrogens (tertiary/aromatic N) is 1. The van der Waals surface area contributed by atoms with Crippen molar-refractivity contribution in [1.82, 2.24) is 5.43 Å². The lowest BCUT2D eigenvalue weighted by molar-refractivity contribution is -0.123. The number of hydrogen-bond donors (Lipinski definition) is 1. The first-order valence-corrected chi connectivity index (χ1v) is 8.19. The summed E-state index contributed by atoms with van der Waals surface area (Å²) in [5.41, 5.74) is 5.49. The Kier molecular flexibility index (Phi) is 6.35. The van der Waals surface area contributed by atoms with E-state index in [1.807, 2.05) is 62.4 Å². The van der Waals surface area contributed by atoms with Gasteiger partial charge in [-0.25, -0.2) is 5.43 Å². The average Bonchev–Trinajstić information content (AvgIpc) is 2.55. The number of carbonyl (C=O) groups excluding carboxylic acids is 1. The van der Waals surface area contributed by atoms with Gasteiger partial charge in [-0.15, -0.1) is 0 Å². The summed E-state index contributed by atoms with van der Waals surface area (Å²) >= 11 is 3.42. The summed E-state index contributed by atoms with van der Waals surface area (Å²) in [4.78, 5) is 11.9. The predicted octanol–water partition coefficient (Wildman–Crippen LogP) is 4.07. The zero-order chi connectivity index (χ0) is 16.7. The quantitative estimate of drug-likeness (QED) is 0.611. The van der Waals surface area contributed by atoms with Crippen molar-refractivity contribution in [2.75, 3.05) is 6.61 Å². The van der Waals surface area contributed by atoms with Crippen molar-refractivity contribution in [3.63, 3.8) is 0 Å². The fourth-order valence-corrected chi connectivity index (χ4v) is 2.61. The van der Waals surface area contributed by atoms with Gasteiger partial charge in [-0.3, -0.25) is 4.79 Å². The molecule has 0 aliphatic rings. The molecule has 23 heavy (non-hydrogen) atoms. The minimum Gasteiger partial charge on any atom is -0.483 e. The molecule has 0 radical (unpaired) electrons. The second kappa shape index (κ2) is 8.48. The van der Waals surface area contributed by atoms with E-state index in [9.17, 15) is 4.79 Å². The summed E-state index contributed by atoms with van der Waals surface area (Å²) < 4.78 is 6.32. The molecule has 0 unspecified atom stereocenters. The molecular formula is C18H19BrN2O2. The van der Waals surface area contributed by atoms with Gasteiger partial charge in [0.25, 0.3) is 5.91 Å². The lowest BCUT2D eigenvalue weighted by Gasteiger charge is -2.08. The van der Waals surface area contributed by atoms with Crippen molar-refractivity contribution in [2.45, 2.75) is 20.3 Å². The van der Waals surface area contributed by atoms with Crippen molar-refractivity contribution in [2.24, 2.45) is 5.10 Å². The van der Waals surface area contributed by atoms with Crippen LogP contribution in [0.2, 0.25) is 0 Å². The summed E-state index contributed by atoms with van der Waals surface area (Å²) in [6.45, 7) is 3.90. The monoisotopic (exact) mass is 374 g/mol. The average molecular weight is 375 g/mol. The maximum Gasteiger partial charge on any atom is 0.277 e. The Morgan fingerprint density at radius 3 is 2.61 bits per heavy atom. The largest absolute Gasteiger partial charge is 0.483 e. The van der Waals surface area contributed by atoms with Crippen molar-refractivity contribution in [1.29, 1.82) is 0 Å². The van der Waals surface area contributed by atoms with Gasteiger partial charge in [0.05, 0.1) is 10.2 Å². The molecule has 4 nitrogen and oxygen atoms in total. The van der Waals surface area contributed by atoms with Crippen LogP contribution in [0.5, 0.6) is 5.75 Å². The van der Waals surface area contributed by atoms with E-state index in [1.54, 1.807) is 0 Å². The summed E-state index contributed by atoms with van der Waals surface area (Å²) in [5.74, 6) is 0.341. The third kappa shape index (κ3) is 5.21. The number of nitrogens with one attached hydrogen (secondary N) is 1. The number of ether oxygens (including phenoxy) is 1. The number of hydrazone groups is 1. The molecule has 1 amide bonds. The van der Waals surface area contributed by atoms with Gasteiger partial charge in [0.1, 0.15) is 5.75 Å². The van der Waals surface area contributed by atoms with Crippen LogP contribution in [-0.2, 0) is 4.79 Å². The van der Waals surface area contributed by atoms with Crippen LogP contribution in [0.3, 0.4) is 0 Å². The molecule has 2 aromatic rings. The molecule has 120 valence electrons. The summed E-state index contributed by atoms with van der Waals surface area (Å²) in [6, 6.07) is 15.5. The van der Waals surface area contributed by atoms with E-state index in [0.717, 1.165) is 27.7 Å².